The van der Waals surface area contributed by atoms with Crippen LogP contribution in [0.15, 0.2) is 38.1 Å². The van der Waals surface area contributed by atoms with Gasteiger partial charge >= 0.3 is 5.69 Å². The summed E-state index contributed by atoms with van der Waals surface area (Å²) in [6, 6.07) is 7.59. The molecule has 0 spiro atoms. The Hall–Kier alpha value is -2.35. The van der Waals surface area contributed by atoms with E-state index in [1.54, 1.807) is 13.0 Å². The van der Waals surface area contributed by atoms with Crippen LogP contribution < -0.4 is 11.0 Å². The molecule has 1 amide bonds. The number of rotatable bonds is 3. The summed E-state index contributed by atoms with van der Waals surface area (Å²) in [5.41, 5.74) is 1.62. The summed E-state index contributed by atoms with van der Waals surface area (Å²) in [5, 5.41) is 6.61. The molecule has 7 nitrogen and oxygen atoms in total. The van der Waals surface area contributed by atoms with Gasteiger partial charge in [0, 0.05) is 22.5 Å². The number of aromatic nitrogens is 3. The first-order valence-electron chi connectivity index (χ1n) is 8.66. The van der Waals surface area contributed by atoms with Crippen molar-refractivity contribution in [2.24, 2.45) is 5.92 Å². The minimum Gasteiger partial charge on any atom is -0.360 e. The number of carbonyl (C=O) groups excluding carboxylic acids is 1. The van der Waals surface area contributed by atoms with Gasteiger partial charge in [-0.25, -0.2) is 4.79 Å². The Morgan fingerprint density at radius 2 is 2.12 bits per heavy atom. The van der Waals surface area contributed by atoms with Gasteiger partial charge in [0.2, 0.25) is 5.91 Å². The van der Waals surface area contributed by atoms with Crippen molar-refractivity contribution in [2.75, 3.05) is 5.32 Å². The number of anilines is 1. The number of H-pyrrole nitrogens is 1. The predicted octanol–water partition coefficient (Wildman–Crippen LogP) is 3.76. The molecule has 1 aromatic carbocycles. The average molecular weight is 419 g/mol. The molecule has 2 aromatic heterocycles. The van der Waals surface area contributed by atoms with E-state index >= 15 is 0 Å². The van der Waals surface area contributed by atoms with Crippen molar-refractivity contribution in [1.82, 2.24) is 14.7 Å². The van der Waals surface area contributed by atoms with Crippen LogP contribution in [0.4, 0.5) is 5.82 Å². The largest absolute Gasteiger partial charge is 0.360 e. The van der Waals surface area contributed by atoms with E-state index in [-0.39, 0.29) is 23.6 Å². The number of aromatic amines is 1. The second-order valence-corrected chi connectivity index (χ2v) is 7.61. The highest BCUT2D eigenvalue weighted by Crippen LogP contribution is 2.34. The molecule has 0 saturated heterocycles. The van der Waals surface area contributed by atoms with Gasteiger partial charge in [-0.2, -0.15) is 0 Å². The van der Waals surface area contributed by atoms with Crippen LogP contribution >= 0.6 is 15.9 Å². The van der Waals surface area contributed by atoms with E-state index in [2.05, 4.69) is 31.4 Å². The summed E-state index contributed by atoms with van der Waals surface area (Å²) in [7, 11) is 0. The summed E-state index contributed by atoms with van der Waals surface area (Å²) in [6.45, 7) is 1.78. The van der Waals surface area contributed by atoms with Gasteiger partial charge in [-0.1, -0.05) is 11.2 Å². The molecule has 0 aliphatic heterocycles. The van der Waals surface area contributed by atoms with Crippen molar-refractivity contribution < 1.29 is 9.32 Å². The van der Waals surface area contributed by atoms with Crippen LogP contribution in [0.2, 0.25) is 0 Å². The van der Waals surface area contributed by atoms with Gasteiger partial charge in [-0.3, -0.25) is 9.36 Å². The summed E-state index contributed by atoms with van der Waals surface area (Å²) in [6.07, 6.45) is 3.05. The lowest BCUT2D eigenvalue weighted by Gasteiger charge is -2.28. The molecule has 1 saturated carbocycles. The maximum atomic E-state index is 12.4. The van der Waals surface area contributed by atoms with E-state index in [0.29, 0.717) is 11.6 Å². The Labute approximate surface area is 157 Å². The maximum Gasteiger partial charge on any atom is 0.326 e. The Morgan fingerprint density at radius 1 is 1.35 bits per heavy atom. The van der Waals surface area contributed by atoms with Gasteiger partial charge < -0.3 is 14.8 Å². The van der Waals surface area contributed by atoms with Crippen molar-refractivity contribution >= 4 is 38.7 Å². The highest BCUT2D eigenvalue weighted by Gasteiger charge is 2.29. The summed E-state index contributed by atoms with van der Waals surface area (Å²) in [5.74, 6) is 1.00. The first-order valence-corrected chi connectivity index (χ1v) is 9.45. The van der Waals surface area contributed by atoms with Crippen molar-refractivity contribution in [3.05, 3.63) is 45.0 Å². The molecule has 4 rings (SSSR count). The molecule has 136 valence electrons. The van der Waals surface area contributed by atoms with Gasteiger partial charge in [0.25, 0.3) is 0 Å². The second kappa shape index (κ2) is 6.75. The van der Waals surface area contributed by atoms with Crippen LogP contribution in [0.3, 0.4) is 0 Å². The van der Waals surface area contributed by atoms with Crippen LogP contribution in [0.5, 0.6) is 0 Å². The molecule has 0 unspecified atom stereocenters. The molecule has 0 bridgehead atoms. The molecular formula is C18H19BrN4O3. The molecule has 0 atom stereocenters. The Bertz CT molecular complexity index is 1010. The number of nitrogens with zero attached hydrogens (tertiary/aromatic N) is 2. The number of para-hydroxylation sites is 1. The average Bonchev–Trinajstić information content (AvgIpc) is 3.18. The van der Waals surface area contributed by atoms with Crippen LogP contribution in [0, 0.1) is 12.8 Å². The number of nitrogens with one attached hydrogen (secondary N) is 2. The van der Waals surface area contributed by atoms with Gasteiger partial charge in [0.05, 0.1) is 11.0 Å². The minimum absolute atomic E-state index is 0.0363. The fourth-order valence-corrected chi connectivity index (χ4v) is 4.18. The zero-order valence-electron chi connectivity index (χ0n) is 14.3. The number of fused-ring (bicyclic) bond motifs is 1. The first kappa shape index (κ1) is 17.1. The summed E-state index contributed by atoms with van der Waals surface area (Å²) >= 11 is 3.48. The number of halogens is 1. The van der Waals surface area contributed by atoms with Crippen molar-refractivity contribution in [1.29, 1.82) is 0 Å². The first-order chi connectivity index (χ1) is 12.5. The molecule has 2 heterocycles. The van der Waals surface area contributed by atoms with Crippen LogP contribution in [-0.4, -0.2) is 20.6 Å². The third kappa shape index (κ3) is 3.09. The normalized spacial score (nSPS) is 20.4. The van der Waals surface area contributed by atoms with E-state index in [1.165, 1.54) is 0 Å². The lowest BCUT2D eigenvalue weighted by molar-refractivity contribution is -0.121. The fourth-order valence-electron chi connectivity index (χ4n) is 3.73. The van der Waals surface area contributed by atoms with Crippen molar-refractivity contribution in [3.8, 4) is 0 Å². The quantitative estimate of drug-likeness (QED) is 0.676. The molecule has 0 radical (unpaired) electrons. The number of carbonyl (C=O) groups is 1. The molecule has 1 fully saturated rings. The lowest BCUT2D eigenvalue weighted by Crippen LogP contribution is -2.31. The molecular weight excluding hydrogens is 400 g/mol. The zero-order valence-corrected chi connectivity index (χ0v) is 15.9. The Balaban J connectivity index is 1.47. The summed E-state index contributed by atoms with van der Waals surface area (Å²) < 4.78 is 7.68. The number of aryl methyl sites for hydroxylation is 1. The lowest BCUT2D eigenvalue weighted by atomic mass is 9.85. The monoisotopic (exact) mass is 418 g/mol. The SMILES string of the molecule is Cc1cc(NC(=O)C2CCC(n3c(=O)[nH]c4c(Br)cccc43)CC2)no1. The highest BCUT2D eigenvalue weighted by atomic mass is 79.9. The number of hydrogen-bond donors (Lipinski definition) is 2. The number of hydrogen-bond acceptors (Lipinski definition) is 4. The van der Waals surface area contributed by atoms with Crippen molar-refractivity contribution in [3.63, 3.8) is 0 Å². The van der Waals surface area contributed by atoms with Gasteiger partial charge in [-0.15, -0.1) is 0 Å². The second-order valence-electron chi connectivity index (χ2n) is 6.75. The van der Waals surface area contributed by atoms with E-state index in [0.717, 1.165) is 41.2 Å². The zero-order chi connectivity index (χ0) is 18.3. The topological polar surface area (TPSA) is 92.9 Å². The van der Waals surface area contributed by atoms with Crippen LogP contribution in [0.25, 0.3) is 11.0 Å². The smallest absolute Gasteiger partial charge is 0.326 e. The Morgan fingerprint density at radius 3 is 2.81 bits per heavy atom. The molecule has 3 aromatic rings. The number of amides is 1. The third-order valence-electron chi connectivity index (χ3n) is 5.01. The van der Waals surface area contributed by atoms with Gasteiger partial charge in [0.15, 0.2) is 5.82 Å². The van der Waals surface area contributed by atoms with E-state index < -0.39 is 0 Å². The van der Waals surface area contributed by atoms with Gasteiger partial charge in [-0.05, 0) is 60.7 Å². The third-order valence-corrected chi connectivity index (χ3v) is 5.67. The van der Waals surface area contributed by atoms with Crippen molar-refractivity contribution in [2.45, 2.75) is 38.6 Å². The highest BCUT2D eigenvalue weighted by molar-refractivity contribution is 9.10. The molecule has 8 heteroatoms. The number of imidazole rings is 1. The minimum atomic E-state index is -0.0992. The Kier molecular flexibility index (Phi) is 4.44. The van der Waals surface area contributed by atoms with E-state index in [1.807, 2.05) is 22.8 Å². The summed E-state index contributed by atoms with van der Waals surface area (Å²) in [4.78, 5) is 27.8. The molecule has 1 aliphatic carbocycles. The molecule has 26 heavy (non-hydrogen) atoms. The molecule has 1 aliphatic rings. The standard InChI is InChI=1S/C18H19BrN4O3/c1-10-9-15(22-26-10)20-17(24)11-5-7-12(8-6-11)23-14-4-2-3-13(19)16(14)21-18(23)25/h2-4,9,11-12H,5-8H2,1H3,(H,21,25)(H,20,22,24). The van der Waals surface area contributed by atoms with E-state index in [4.69, 9.17) is 4.52 Å². The van der Waals surface area contributed by atoms with Gasteiger partial charge in [0.1, 0.15) is 5.76 Å². The maximum absolute atomic E-state index is 12.4. The number of benzene rings is 1. The predicted molar refractivity (Wildman–Crippen MR) is 101 cm³/mol. The van der Waals surface area contributed by atoms with E-state index in [9.17, 15) is 9.59 Å². The molecule has 2 N–H and O–H groups in total. The van der Waals surface area contributed by atoms with Crippen LogP contribution in [0.1, 0.15) is 37.5 Å². The van der Waals surface area contributed by atoms with Crippen LogP contribution in [-0.2, 0) is 4.79 Å². The fraction of sp³-hybridized carbons (Fsp3) is 0.389.